The maximum Gasteiger partial charge on any atom is 0.244 e. The van der Waals surface area contributed by atoms with Crippen LogP contribution in [0, 0.1) is 6.92 Å². The Morgan fingerprint density at radius 3 is 2.64 bits per heavy atom. The van der Waals surface area contributed by atoms with E-state index in [-0.39, 0.29) is 4.90 Å². The highest BCUT2D eigenvalue weighted by Crippen LogP contribution is 2.28. The summed E-state index contributed by atoms with van der Waals surface area (Å²) in [5.74, 6) is 2.29. The molecule has 0 unspecified atom stereocenters. The van der Waals surface area contributed by atoms with Crippen molar-refractivity contribution in [3.8, 4) is 10.8 Å². The van der Waals surface area contributed by atoms with Crippen LogP contribution in [0.4, 0.5) is 0 Å². The summed E-state index contributed by atoms with van der Waals surface area (Å²) < 4.78 is 30.8. The molecule has 0 aromatic carbocycles. The van der Waals surface area contributed by atoms with E-state index < -0.39 is 10.0 Å². The van der Waals surface area contributed by atoms with Crippen molar-refractivity contribution < 1.29 is 12.8 Å². The van der Waals surface area contributed by atoms with Gasteiger partial charge in [-0.3, -0.25) is 0 Å². The topological polar surface area (TPSA) is 76.3 Å². The molecular weight excluding hydrogens is 378 g/mol. The molecule has 0 radical (unpaired) electrons. The third-order valence-corrected chi connectivity index (χ3v) is 7.04. The van der Waals surface area contributed by atoms with Gasteiger partial charge < -0.3 is 4.42 Å². The molecule has 0 saturated carbocycles. The van der Waals surface area contributed by atoms with Crippen molar-refractivity contribution in [3.63, 3.8) is 0 Å². The van der Waals surface area contributed by atoms with Crippen LogP contribution < -0.4 is 0 Å². The van der Waals surface area contributed by atoms with Crippen LogP contribution in [-0.2, 0) is 15.8 Å². The molecule has 0 fully saturated rings. The average molecular weight is 396 g/mol. The predicted molar refractivity (Wildman–Crippen MR) is 99.2 cm³/mol. The number of thiazole rings is 1. The Morgan fingerprint density at radius 2 is 2.04 bits per heavy atom. The largest absolute Gasteiger partial charge is 0.459 e. The van der Waals surface area contributed by atoms with Crippen molar-refractivity contribution in [2.24, 2.45) is 0 Å². The summed E-state index contributed by atoms with van der Waals surface area (Å²) >= 11 is 3.05. The van der Waals surface area contributed by atoms with Gasteiger partial charge in [0, 0.05) is 31.4 Å². The molecule has 9 heteroatoms. The fourth-order valence-electron chi connectivity index (χ4n) is 2.00. The van der Waals surface area contributed by atoms with Crippen molar-refractivity contribution >= 4 is 33.1 Å². The number of sulfonamides is 1. The Balaban J connectivity index is 1.65. The first-order chi connectivity index (χ1) is 11.9. The Bertz CT molecular complexity index is 960. The quantitative estimate of drug-likeness (QED) is 0.593. The predicted octanol–water partition coefficient (Wildman–Crippen LogP) is 3.65. The third-order valence-electron chi connectivity index (χ3n) is 3.36. The van der Waals surface area contributed by atoms with Crippen molar-refractivity contribution in [3.05, 3.63) is 47.3 Å². The summed E-state index contributed by atoms with van der Waals surface area (Å²) in [4.78, 5) is 8.97. The van der Waals surface area contributed by atoms with Gasteiger partial charge in [0.25, 0.3) is 0 Å². The van der Waals surface area contributed by atoms with Crippen LogP contribution >= 0.6 is 23.1 Å². The number of hydrogen-bond donors (Lipinski definition) is 0. The maximum absolute atomic E-state index is 12.0. The number of aryl methyl sites for hydroxylation is 1. The molecule has 0 aliphatic carbocycles. The molecule has 132 valence electrons. The highest BCUT2D eigenvalue weighted by molar-refractivity contribution is 7.98. The molecule has 0 aliphatic heterocycles. The van der Waals surface area contributed by atoms with Crippen LogP contribution in [0.1, 0.15) is 11.5 Å². The Kier molecular flexibility index (Phi) is 5.28. The minimum atomic E-state index is -3.45. The first kappa shape index (κ1) is 18.1. The van der Waals surface area contributed by atoms with E-state index in [0.29, 0.717) is 5.75 Å². The molecule has 0 amide bonds. The average Bonchev–Trinajstić information content (AvgIpc) is 3.22. The van der Waals surface area contributed by atoms with Gasteiger partial charge in [0.05, 0.1) is 10.7 Å². The highest BCUT2D eigenvalue weighted by atomic mass is 32.2. The zero-order valence-electron chi connectivity index (χ0n) is 14.0. The summed E-state index contributed by atoms with van der Waals surface area (Å²) in [6.45, 7) is 1.90. The van der Waals surface area contributed by atoms with Crippen molar-refractivity contribution in [2.45, 2.75) is 22.6 Å². The fraction of sp³-hybridized carbons (Fsp3) is 0.250. The molecule has 0 N–H and O–H groups in total. The van der Waals surface area contributed by atoms with E-state index in [4.69, 9.17) is 4.42 Å². The number of furan rings is 1. The zero-order chi connectivity index (χ0) is 18.0. The van der Waals surface area contributed by atoms with E-state index in [0.717, 1.165) is 27.2 Å². The first-order valence-corrected chi connectivity index (χ1v) is 10.7. The number of aromatic nitrogens is 2. The van der Waals surface area contributed by atoms with Gasteiger partial charge in [-0.05, 0) is 31.2 Å². The molecule has 6 nitrogen and oxygen atoms in total. The lowest BCUT2D eigenvalue weighted by atomic mass is 10.4. The van der Waals surface area contributed by atoms with Crippen molar-refractivity contribution in [1.29, 1.82) is 0 Å². The van der Waals surface area contributed by atoms with Crippen LogP contribution in [-0.4, -0.2) is 36.8 Å². The lowest BCUT2D eigenvalue weighted by Gasteiger charge is -2.10. The van der Waals surface area contributed by atoms with E-state index in [2.05, 4.69) is 9.97 Å². The summed E-state index contributed by atoms with van der Waals surface area (Å²) in [7, 11) is -0.449. The van der Waals surface area contributed by atoms with E-state index in [1.54, 1.807) is 12.1 Å². The lowest BCUT2D eigenvalue weighted by molar-refractivity contribution is 0.520. The zero-order valence-corrected chi connectivity index (χ0v) is 16.4. The molecule has 3 heterocycles. The van der Waals surface area contributed by atoms with Crippen LogP contribution in [0.5, 0.6) is 0 Å². The molecule has 0 saturated heterocycles. The second kappa shape index (κ2) is 7.28. The fourth-order valence-corrected chi connectivity index (χ4v) is 4.47. The molecule has 3 aromatic heterocycles. The summed E-state index contributed by atoms with van der Waals surface area (Å²) in [6.07, 6.45) is 1.38. The van der Waals surface area contributed by atoms with Gasteiger partial charge in [-0.25, -0.2) is 22.7 Å². The van der Waals surface area contributed by atoms with Gasteiger partial charge in [-0.1, -0.05) is 0 Å². The molecule has 0 spiro atoms. The molecule has 0 bridgehead atoms. The molecule has 3 aromatic rings. The maximum atomic E-state index is 12.0. The number of hydrogen-bond acceptors (Lipinski definition) is 7. The van der Waals surface area contributed by atoms with Gasteiger partial charge in [0.15, 0.2) is 10.8 Å². The molecule has 0 aliphatic rings. The van der Waals surface area contributed by atoms with Crippen molar-refractivity contribution in [2.75, 3.05) is 14.1 Å². The molecule has 0 atom stereocenters. The van der Waals surface area contributed by atoms with Crippen LogP contribution in [0.25, 0.3) is 10.8 Å². The summed E-state index contributed by atoms with van der Waals surface area (Å²) in [5.41, 5.74) is 0.936. The second-order valence-electron chi connectivity index (χ2n) is 5.46. The lowest BCUT2D eigenvalue weighted by Crippen LogP contribution is -2.22. The SMILES string of the molecule is Cc1ccc(-c2nc(CSc3ccc(S(=O)(=O)N(C)C)cn3)cs2)o1. The van der Waals surface area contributed by atoms with Gasteiger partial charge in [-0.2, -0.15) is 0 Å². The monoisotopic (exact) mass is 395 g/mol. The Morgan fingerprint density at radius 1 is 1.24 bits per heavy atom. The number of thioether (sulfide) groups is 1. The van der Waals surface area contributed by atoms with E-state index in [9.17, 15) is 8.42 Å². The molecule has 3 rings (SSSR count). The van der Waals surface area contributed by atoms with Crippen LogP contribution in [0.3, 0.4) is 0 Å². The number of nitrogens with zero attached hydrogens (tertiary/aromatic N) is 3. The Labute approximate surface area is 155 Å². The summed E-state index contributed by atoms with van der Waals surface area (Å²) in [5, 5.41) is 3.59. The van der Waals surface area contributed by atoms with E-state index in [1.807, 2.05) is 24.4 Å². The smallest absolute Gasteiger partial charge is 0.244 e. The number of pyridine rings is 1. The van der Waals surface area contributed by atoms with Gasteiger partial charge >= 0.3 is 0 Å². The van der Waals surface area contributed by atoms with E-state index in [1.165, 1.54) is 47.7 Å². The van der Waals surface area contributed by atoms with Crippen molar-refractivity contribution in [1.82, 2.24) is 14.3 Å². The van der Waals surface area contributed by atoms with Gasteiger partial charge in [0.2, 0.25) is 10.0 Å². The number of rotatable bonds is 6. The third kappa shape index (κ3) is 4.12. The molecular formula is C16H17N3O3S3. The molecule has 25 heavy (non-hydrogen) atoms. The normalized spacial score (nSPS) is 12.0. The van der Waals surface area contributed by atoms with Gasteiger partial charge in [-0.15, -0.1) is 23.1 Å². The summed E-state index contributed by atoms with van der Waals surface area (Å²) in [6, 6.07) is 7.11. The minimum absolute atomic E-state index is 0.186. The highest BCUT2D eigenvalue weighted by Gasteiger charge is 2.17. The standard InChI is InChI=1S/C16H17N3O3S3/c1-11-4-6-14(22-11)16-18-12(10-24-16)9-23-15-7-5-13(8-17-15)25(20,21)19(2)3/h4-8,10H,9H2,1-3H3. The first-order valence-electron chi connectivity index (χ1n) is 7.39. The van der Waals surface area contributed by atoms with Crippen LogP contribution in [0.2, 0.25) is 0 Å². The van der Waals surface area contributed by atoms with E-state index >= 15 is 0 Å². The minimum Gasteiger partial charge on any atom is -0.459 e. The van der Waals surface area contributed by atoms with Gasteiger partial charge in [0.1, 0.15) is 10.7 Å². The second-order valence-corrected chi connectivity index (χ2v) is 9.47. The van der Waals surface area contributed by atoms with Crippen LogP contribution in [0.15, 0.2) is 50.2 Å². The Hall–Kier alpha value is -1.68.